The Morgan fingerprint density at radius 3 is 2.81 bits per heavy atom. The Labute approximate surface area is 93.4 Å². The van der Waals surface area contributed by atoms with Crippen LogP contribution in [0.15, 0.2) is 28.7 Å². The molecular weight excluding hydrogens is 206 g/mol. The number of nitrogens with zero attached hydrogens (tertiary/aromatic N) is 2. The molecule has 2 aromatic rings. The molecule has 1 aromatic heterocycles. The second-order valence-electron chi connectivity index (χ2n) is 3.27. The van der Waals surface area contributed by atoms with E-state index in [-0.39, 0.29) is 0 Å². The van der Waals surface area contributed by atoms with Crippen molar-refractivity contribution < 1.29 is 9.15 Å². The predicted molar refractivity (Wildman–Crippen MR) is 59.4 cm³/mol. The lowest BCUT2D eigenvalue weighted by molar-refractivity contribution is 0.416. The number of rotatable bonds is 4. The van der Waals surface area contributed by atoms with E-state index in [9.17, 15) is 0 Å². The molecule has 2 rings (SSSR count). The summed E-state index contributed by atoms with van der Waals surface area (Å²) in [7, 11) is 1.64. The first kappa shape index (κ1) is 10.5. The van der Waals surface area contributed by atoms with E-state index in [2.05, 4.69) is 15.5 Å². The van der Waals surface area contributed by atoms with E-state index in [4.69, 9.17) is 9.15 Å². The Morgan fingerprint density at radius 2 is 2.12 bits per heavy atom. The van der Waals surface area contributed by atoms with Gasteiger partial charge in [0.05, 0.1) is 19.3 Å². The molecule has 5 heteroatoms. The SMILES string of the molecule is COc1ccccc1NCc1nnc(C)o1. The third-order valence-electron chi connectivity index (χ3n) is 2.10. The first-order valence-electron chi connectivity index (χ1n) is 4.95. The highest BCUT2D eigenvalue weighted by Gasteiger charge is 2.04. The van der Waals surface area contributed by atoms with Gasteiger partial charge in [0.2, 0.25) is 11.8 Å². The largest absolute Gasteiger partial charge is 0.495 e. The molecule has 16 heavy (non-hydrogen) atoms. The van der Waals surface area contributed by atoms with Gasteiger partial charge in [0.1, 0.15) is 5.75 Å². The number of nitrogens with one attached hydrogen (secondary N) is 1. The molecule has 0 unspecified atom stereocenters. The number of aryl methyl sites for hydroxylation is 1. The number of hydrogen-bond acceptors (Lipinski definition) is 5. The molecule has 0 aliphatic rings. The van der Waals surface area contributed by atoms with Crippen molar-refractivity contribution in [1.82, 2.24) is 10.2 Å². The van der Waals surface area contributed by atoms with Crippen LogP contribution in [0.3, 0.4) is 0 Å². The highest BCUT2D eigenvalue weighted by Crippen LogP contribution is 2.23. The topological polar surface area (TPSA) is 60.2 Å². The third-order valence-corrected chi connectivity index (χ3v) is 2.10. The summed E-state index contributed by atoms with van der Waals surface area (Å²) in [6.07, 6.45) is 0. The number of aromatic nitrogens is 2. The number of anilines is 1. The van der Waals surface area contributed by atoms with E-state index >= 15 is 0 Å². The molecule has 1 heterocycles. The van der Waals surface area contributed by atoms with Gasteiger partial charge >= 0.3 is 0 Å². The fraction of sp³-hybridized carbons (Fsp3) is 0.273. The Hall–Kier alpha value is -2.04. The Morgan fingerprint density at radius 1 is 1.31 bits per heavy atom. The van der Waals surface area contributed by atoms with Crippen LogP contribution < -0.4 is 10.1 Å². The first-order valence-corrected chi connectivity index (χ1v) is 4.95. The molecule has 0 fully saturated rings. The van der Waals surface area contributed by atoms with Crippen molar-refractivity contribution in [2.24, 2.45) is 0 Å². The maximum Gasteiger partial charge on any atom is 0.235 e. The molecule has 0 atom stereocenters. The summed E-state index contributed by atoms with van der Waals surface area (Å²) in [5.41, 5.74) is 0.904. The summed E-state index contributed by atoms with van der Waals surface area (Å²) in [4.78, 5) is 0. The van der Waals surface area contributed by atoms with Crippen LogP contribution in [-0.2, 0) is 6.54 Å². The van der Waals surface area contributed by atoms with E-state index in [0.717, 1.165) is 11.4 Å². The molecule has 0 amide bonds. The molecule has 0 saturated carbocycles. The lowest BCUT2D eigenvalue weighted by Gasteiger charge is -2.08. The Kier molecular flexibility index (Phi) is 3.05. The van der Waals surface area contributed by atoms with Gasteiger partial charge in [-0.05, 0) is 12.1 Å². The summed E-state index contributed by atoms with van der Waals surface area (Å²) >= 11 is 0. The monoisotopic (exact) mass is 219 g/mol. The van der Waals surface area contributed by atoms with E-state index in [0.29, 0.717) is 18.3 Å². The van der Waals surface area contributed by atoms with Crippen LogP contribution in [0.5, 0.6) is 5.75 Å². The zero-order valence-corrected chi connectivity index (χ0v) is 9.23. The molecule has 84 valence electrons. The lowest BCUT2D eigenvalue weighted by atomic mass is 10.3. The molecular formula is C11H13N3O2. The van der Waals surface area contributed by atoms with Crippen LogP contribution in [-0.4, -0.2) is 17.3 Å². The Bertz CT molecular complexity index is 468. The molecule has 1 N–H and O–H groups in total. The summed E-state index contributed by atoms with van der Waals surface area (Å²) < 4.78 is 10.5. The van der Waals surface area contributed by atoms with Crippen LogP contribution >= 0.6 is 0 Å². The third kappa shape index (κ3) is 2.31. The molecule has 0 saturated heterocycles. The highest BCUT2D eigenvalue weighted by molar-refractivity contribution is 5.55. The van der Waals surface area contributed by atoms with Crippen molar-refractivity contribution in [2.45, 2.75) is 13.5 Å². The van der Waals surface area contributed by atoms with E-state index in [1.54, 1.807) is 14.0 Å². The molecule has 5 nitrogen and oxygen atoms in total. The quantitative estimate of drug-likeness (QED) is 0.852. The summed E-state index contributed by atoms with van der Waals surface area (Å²) in [6.45, 7) is 2.25. The van der Waals surface area contributed by atoms with Crippen LogP contribution in [0.2, 0.25) is 0 Å². The molecule has 0 aliphatic heterocycles. The van der Waals surface area contributed by atoms with E-state index < -0.39 is 0 Å². The minimum Gasteiger partial charge on any atom is -0.495 e. The van der Waals surface area contributed by atoms with Gasteiger partial charge in [-0.1, -0.05) is 12.1 Å². The van der Waals surface area contributed by atoms with Gasteiger partial charge in [0.25, 0.3) is 0 Å². The number of hydrogen-bond donors (Lipinski definition) is 1. The van der Waals surface area contributed by atoms with E-state index in [1.165, 1.54) is 0 Å². The van der Waals surface area contributed by atoms with Crippen molar-refractivity contribution in [3.8, 4) is 5.75 Å². The lowest BCUT2D eigenvalue weighted by Crippen LogP contribution is -2.01. The van der Waals surface area contributed by atoms with Crippen molar-refractivity contribution in [3.63, 3.8) is 0 Å². The molecule has 0 aliphatic carbocycles. The van der Waals surface area contributed by atoms with Crippen LogP contribution in [0, 0.1) is 6.92 Å². The van der Waals surface area contributed by atoms with Gasteiger partial charge in [-0.2, -0.15) is 0 Å². The molecule has 0 spiro atoms. The van der Waals surface area contributed by atoms with Crippen LogP contribution in [0.4, 0.5) is 5.69 Å². The average Bonchev–Trinajstić information content (AvgIpc) is 2.73. The second-order valence-corrected chi connectivity index (χ2v) is 3.27. The maximum atomic E-state index is 5.25. The molecule has 0 bridgehead atoms. The number of para-hydroxylation sites is 2. The van der Waals surface area contributed by atoms with Gasteiger partial charge in [-0.15, -0.1) is 10.2 Å². The minimum absolute atomic E-state index is 0.487. The number of ether oxygens (including phenoxy) is 1. The fourth-order valence-corrected chi connectivity index (χ4v) is 1.37. The zero-order chi connectivity index (χ0) is 11.4. The standard InChI is InChI=1S/C11H13N3O2/c1-8-13-14-11(16-8)7-12-9-5-3-4-6-10(9)15-2/h3-6,12H,7H2,1-2H3. The minimum atomic E-state index is 0.487. The van der Waals surface area contributed by atoms with Gasteiger partial charge < -0.3 is 14.5 Å². The predicted octanol–water partition coefficient (Wildman–Crippen LogP) is 2.00. The maximum absolute atomic E-state index is 5.25. The average molecular weight is 219 g/mol. The van der Waals surface area contributed by atoms with Crippen molar-refractivity contribution in [2.75, 3.05) is 12.4 Å². The van der Waals surface area contributed by atoms with Crippen molar-refractivity contribution in [3.05, 3.63) is 36.0 Å². The van der Waals surface area contributed by atoms with Gasteiger partial charge in [-0.3, -0.25) is 0 Å². The van der Waals surface area contributed by atoms with Crippen molar-refractivity contribution in [1.29, 1.82) is 0 Å². The second kappa shape index (κ2) is 4.65. The van der Waals surface area contributed by atoms with Gasteiger partial charge in [0, 0.05) is 6.92 Å². The molecule has 0 radical (unpaired) electrons. The van der Waals surface area contributed by atoms with Crippen molar-refractivity contribution >= 4 is 5.69 Å². The first-order chi connectivity index (χ1) is 7.79. The smallest absolute Gasteiger partial charge is 0.235 e. The van der Waals surface area contributed by atoms with Gasteiger partial charge in [-0.25, -0.2) is 0 Å². The zero-order valence-electron chi connectivity index (χ0n) is 9.23. The summed E-state index contributed by atoms with van der Waals surface area (Å²) in [5, 5.41) is 10.8. The highest BCUT2D eigenvalue weighted by atomic mass is 16.5. The number of methoxy groups -OCH3 is 1. The normalized spacial score (nSPS) is 10.1. The summed E-state index contributed by atoms with van der Waals surface area (Å²) in [6, 6.07) is 7.67. The fourth-order valence-electron chi connectivity index (χ4n) is 1.37. The van der Waals surface area contributed by atoms with Gasteiger partial charge in [0.15, 0.2) is 0 Å². The molecule has 1 aromatic carbocycles. The van der Waals surface area contributed by atoms with E-state index in [1.807, 2.05) is 24.3 Å². The number of benzene rings is 1. The van der Waals surface area contributed by atoms with Crippen LogP contribution in [0.25, 0.3) is 0 Å². The van der Waals surface area contributed by atoms with Crippen LogP contribution in [0.1, 0.15) is 11.8 Å². The summed E-state index contributed by atoms with van der Waals surface area (Å²) in [5.74, 6) is 1.92. The Balaban J connectivity index is 2.04.